The highest BCUT2D eigenvalue weighted by Crippen LogP contribution is 2.36. The highest BCUT2D eigenvalue weighted by Gasteiger charge is 2.41. The first-order valence-corrected chi connectivity index (χ1v) is 9.76. The number of amides is 1. The predicted octanol–water partition coefficient (Wildman–Crippen LogP) is 2.39. The van der Waals surface area contributed by atoms with Crippen molar-refractivity contribution in [3.05, 3.63) is 0 Å². The van der Waals surface area contributed by atoms with Gasteiger partial charge >= 0.3 is 0 Å². The molecule has 132 valence electrons. The molecule has 1 aliphatic heterocycles. The van der Waals surface area contributed by atoms with E-state index < -0.39 is 0 Å². The fourth-order valence-electron chi connectivity index (χ4n) is 5.34. The first kappa shape index (κ1) is 17.2. The van der Waals surface area contributed by atoms with Crippen LogP contribution in [0.15, 0.2) is 0 Å². The van der Waals surface area contributed by atoms with Crippen LogP contribution in [-0.4, -0.2) is 49.6 Å². The summed E-state index contributed by atoms with van der Waals surface area (Å²) in [5.74, 6) is 2.31. The molecule has 1 saturated heterocycles. The second-order valence-electron chi connectivity index (χ2n) is 8.47. The van der Waals surface area contributed by atoms with Crippen LogP contribution in [0.1, 0.15) is 58.3 Å². The van der Waals surface area contributed by atoms with Crippen molar-refractivity contribution in [3.8, 4) is 0 Å². The van der Waals surface area contributed by atoms with Gasteiger partial charge in [0.2, 0.25) is 5.91 Å². The fraction of sp³-hybridized carbons (Fsp3) is 0.947. The normalized spacial score (nSPS) is 40.9. The Labute approximate surface area is 141 Å². The molecular weight excluding hydrogens is 286 g/mol. The van der Waals surface area contributed by atoms with Crippen molar-refractivity contribution in [2.45, 2.75) is 76.4 Å². The van der Waals surface area contributed by atoms with Crippen LogP contribution >= 0.6 is 0 Å². The van der Waals surface area contributed by atoms with Crippen molar-refractivity contribution in [3.63, 3.8) is 0 Å². The molecule has 2 aliphatic carbocycles. The van der Waals surface area contributed by atoms with Crippen molar-refractivity contribution in [1.82, 2.24) is 15.5 Å². The van der Waals surface area contributed by atoms with Gasteiger partial charge in [0.1, 0.15) is 0 Å². The molecule has 0 radical (unpaired) electrons. The van der Waals surface area contributed by atoms with Crippen molar-refractivity contribution >= 4 is 5.91 Å². The maximum atomic E-state index is 12.6. The smallest absolute Gasteiger partial charge is 0.237 e. The zero-order chi connectivity index (χ0) is 16.4. The second kappa shape index (κ2) is 7.52. The first-order valence-electron chi connectivity index (χ1n) is 9.76. The zero-order valence-corrected chi connectivity index (χ0v) is 15.2. The van der Waals surface area contributed by atoms with Crippen LogP contribution in [0.5, 0.6) is 0 Å². The molecule has 4 nitrogen and oxygen atoms in total. The third-order valence-electron chi connectivity index (χ3n) is 6.67. The lowest BCUT2D eigenvalue weighted by Crippen LogP contribution is -2.48. The summed E-state index contributed by atoms with van der Waals surface area (Å²) in [5.41, 5.74) is 0. The zero-order valence-electron chi connectivity index (χ0n) is 15.2. The summed E-state index contributed by atoms with van der Waals surface area (Å²) in [6.07, 6.45) is 10.2. The van der Waals surface area contributed by atoms with Crippen molar-refractivity contribution in [2.24, 2.45) is 17.8 Å². The van der Waals surface area contributed by atoms with E-state index in [0.717, 1.165) is 24.8 Å². The molecule has 3 rings (SSSR count). The van der Waals surface area contributed by atoms with Crippen LogP contribution in [-0.2, 0) is 4.79 Å². The summed E-state index contributed by atoms with van der Waals surface area (Å²) < 4.78 is 0. The van der Waals surface area contributed by atoms with E-state index in [2.05, 4.69) is 36.6 Å². The maximum Gasteiger partial charge on any atom is 0.237 e. The molecule has 2 N–H and O–H groups in total. The van der Waals surface area contributed by atoms with Crippen molar-refractivity contribution in [1.29, 1.82) is 0 Å². The summed E-state index contributed by atoms with van der Waals surface area (Å²) in [6.45, 7) is 3.19. The van der Waals surface area contributed by atoms with Crippen molar-refractivity contribution < 1.29 is 4.79 Å². The van der Waals surface area contributed by atoms with Gasteiger partial charge in [-0.2, -0.15) is 0 Å². The van der Waals surface area contributed by atoms with Gasteiger partial charge in [-0.25, -0.2) is 0 Å². The van der Waals surface area contributed by atoms with E-state index in [1.165, 1.54) is 44.9 Å². The first-order chi connectivity index (χ1) is 11.1. The molecule has 1 heterocycles. The van der Waals surface area contributed by atoms with Gasteiger partial charge in [-0.05, 0) is 64.0 Å². The lowest BCUT2D eigenvalue weighted by atomic mass is 9.78. The Morgan fingerprint density at radius 3 is 2.65 bits per heavy atom. The highest BCUT2D eigenvalue weighted by atomic mass is 16.2. The third-order valence-corrected chi connectivity index (χ3v) is 6.67. The SMILES string of the molecule is CC1CCCC2CC(C(=O)NCC3CCCCC3N(C)C)NC12. The molecule has 6 unspecified atom stereocenters. The third kappa shape index (κ3) is 3.90. The van der Waals surface area contributed by atoms with Gasteiger partial charge < -0.3 is 15.5 Å². The molecule has 4 heteroatoms. The number of hydrogen-bond acceptors (Lipinski definition) is 3. The molecule has 3 fully saturated rings. The van der Waals surface area contributed by atoms with Crippen LogP contribution in [0, 0.1) is 17.8 Å². The average molecular weight is 322 g/mol. The van der Waals surface area contributed by atoms with Gasteiger partial charge in [0.25, 0.3) is 0 Å². The number of hydrogen-bond donors (Lipinski definition) is 2. The average Bonchev–Trinajstić information content (AvgIpc) is 2.98. The molecule has 1 amide bonds. The minimum Gasteiger partial charge on any atom is -0.354 e. The van der Waals surface area contributed by atoms with Gasteiger partial charge in [0.15, 0.2) is 0 Å². The Morgan fingerprint density at radius 2 is 1.91 bits per heavy atom. The van der Waals surface area contributed by atoms with Crippen LogP contribution in [0.2, 0.25) is 0 Å². The van der Waals surface area contributed by atoms with Crippen molar-refractivity contribution in [2.75, 3.05) is 20.6 Å². The Bertz CT molecular complexity index is 411. The molecule has 3 aliphatic rings. The van der Waals surface area contributed by atoms with Gasteiger partial charge in [0, 0.05) is 18.6 Å². The van der Waals surface area contributed by atoms with E-state index in [0.29, 0.717) is 18.0 Å². The highest BCUT2D eigenvalue weighted by molar-refractivity contribution is 5.82. The topological polar surface area (TPSA) is 44.4 Å². The number of nitrogens with zero attached hydrogens (tertiary/aromatic N) is 1. The molecule has 23 heavy (non-hydrogen) atoms. The minimum absolute atomic E-state index is 0.0481. The Kier molecular flexibility index (Phi) is 5.63. The Hall–Kier alpha value is -0.610. The summed E-state index contributed by atoms with van der Waals surface area (Å²) in [4.78, 5) is 15.0. The number of fused-ring (bicyclic) bond motifs is 1. The van der Waals surface area contributed by atoms with Gasteiger partial charge in [-0.15, -0.1) is 0 Å². The summed E-state index contributed by atoms with van der Waals surface area (Å²) in [7, 11) is 4.35. The van der Waals surface area contributed by atoms with E-state index in [1.54, 1.807) is 0 Å². The quantitative estimate of drug-likeness (QED) is 0.836. The van der Waals surface area contributed by atoms with Gasteiger partial charge in [-0.1, -0.05) is 26.2 Å². The summed E-state index contributed by atoms with van der Waals surface area (Å²) in [6, 6.07) is 1.25. The van der Waals surface area contributed by atoms with E-state index in [1.807, 2.05) is 0 Å². The number of rotatable bonds is 4. The summed E-state index contributed by atoms with van der Waals surface area (Å²) >= 11 is 0. The Balaban J connectivity index is 1.49. The standard InChI is InChI=1S/C19H35N3O/c1-13-7-6-9-14-11-16(21-18(13)14)19(23)20-12-15-8-4-5-10-17(15)22(2)3/h13-18,21H,4-12H2,1-3H3,(H,20,23). The van der Waals surface area contributed by atoms with E-state index in [4.69, 9.17) is 0 Å². The van der Waals surface area contributed by atoms with Crippen LogP contribution in [0.3, 0.4) is 0 Å². The molecule has 6 atom stereocenters. The molecule has 0 aromatic rings. The molecule has 0 aromatic heterocycles. The lowest BCUT2D eigenvalue weighted by Gasteiger charge is -2.36. The van der Waals surface area contributed by atoms with Crippen LogP contribution in [0.25, 0.3) is 0 Å². The second-order valence-corrected chi connectivity index (χ2v) is 8.47. The largest absolute Gasteiger partial charge is 0.354 e. The van der Waals surface area contributed by atoms with E-state index in [9.17, 15) is 4.79 Å². The summed E-state index contributed by atoms with van der Waals surface area (Å²) in [5, 5.41) is 6.92. The Morgan fingerprint density at radius 1 is 1.13 bits per heavy atom. The molecular formula is C19H35N3O. The molecule has 0 bridgehead atoms. The van der Waals surface area contributed by atoms with Gasteiger partial charge in [0.05, 0.1) is 6.04 Å². The fourth-order valence-corrected chi connectivity index (χ4v) is 5.34. The molecule has 0 aromatic carbocycles. The monoisotopic (exact) mass is 321 g/mol. The predicted molar refractivity (Wildman–Crippen MR) is 94.3 cm³/mol. The molecule has 2 saturated carbocycles. The van der Waals surface area contributed by atoms with Crippen LogP contribution < -0.4 is 10.6 Å². The van der Waals surface area contributed by atoms with Crippen LogP contribution in [0.4, 0.5) is 0 Å². The van der Waals surface area contributed by atoms with E-state index in [-0.39, 0.29) is 11.9 Å². The number of nitrogens with one attached hydrogen (secondary N) is 2. The number of carbonyl (C=O) groups excluding carboxylic acids is 1. The maximum absolute atomic E-state index is 12.6. The van der Waals surface area contributed by atoms with Gasteiger partial charge in [-0.3, -0.25) is 4.79 Å². The van der Waals surface area contributed by atoms with E-state index >= 15 is 0 Å². The lowest BCUT2D eigenvalue weighted by molar-refractivity contribution is -0.123. The minimum atomic E-state index is 0.0481. The molecule has 0 spiro atoms. The number of carbonyl (C=O) groups is 1.